The SMILES string of the molecule is CC(C)(O)C(C)(C)O[B]c1ccc(-c2cnc(-c3ccc(B4OC(C)(C)C(C)(C)O4)cc3)cn2)cc1. The van der Waals surface area contributed by atoms with E-state index in [-0.39, 0.29) is 18.3 Å². The first-order chi connectivity index (χ1) is 16.7. The van der Waals surface area contributed by atoms with Crippen molar-refractivity contribution in [1.82, 2.24) is 9.97 Å². The summed E-state index contributed by atoms with van der Waals surface area (Å²) in [7, 11) is 1.29. The van der Waals surface area contributed by atoms with Crippen molar-refractivity contribution in [3.05, 3.63) is 60.9 Å². The van der Waals surface area contributed by atoms with Gasteiger partial charge in [0.05, 0.1) is 46.2 Å². The summed E-state index contributed by atoms with van der Waals surface area (Å²) in [6.07, 6.45) is 3.57. The molecule has 1 radical (unpaired) electrons. The monoisotopic (exact) mass is 485 g/mol. The van der Waals surface area contributed by atoms with E-state index in [9.17, 15) is 5.11 Å². The lowest BCUT2D eigenvalue weighted by molar-refractivity contribution is -0.0893. The molecule has 1 aromatic heterocycles. The van der Waals surface area contributed by atoms with E-state index in [1.165, 1.54) is 0 Å². The second-order valence-electron chi connectivity index (χ2n) is 11.4. The largest absolute Gasteiger partial charge is 0.494 e. The lowest BCUT2D eigenvalue weighted by atomic mass is 9.79. The number of benzene rings is 2. The Labute approximate surface area is 215 Å². The highest BCUT2D eigenvalue weighted by molar-refractivity contribution is 6.62. The van der Waals surface area contributed by atoms with E-state index in [4.69, 9.17) is 14.0 Å². The molecule has 2 aromatic carbocycles. The molecule has 4 rings (SSSR count). The lowest BCUT2D eigenvalue weighted by Crippen LogP contribution is -2.49. The smallest absolute Gasteiger partial charge is 0.427 e. The fraction of sp³-hybridized carbons (Fsp3) is 0.429. The summed E-state index contributed by atoms with van der Waals surface area (Å²) in [5.41, 5.74) is 3.00. The van der Waals surface area contributed by atoms with Crippen LogP contribution in [0.3, 0.4) is 0 Å². The molecule has 1 N–H and O–H groups in total. The van der Waals surface area contributed by atoms with Gasteiger partial charge in [-0.15, -0.1) is 0 Å². The molecular formula is C28H35B2N2O4. The van der Waals surface area contributed by atoms with Gasteiger partial charge in [-0.2, -0.15) is 0 Å². The highest BCUT2D eigenvalue weighted by atomic mass is 16.7. The molecule has 3 aromatic rings. The molecule has 0 atom stereocenters. The molecular weight excluding hydrogens is 450 g/mol. The van der Waals surface area contributed by atoms with Crippen LogP contribution in [-0.2, 0) is 14.0 Å². The molecule has 0 unspecified atom stereocenters. The van der Waals surface area contributed by atoms with Crippen LogP contribution >= 0.6 is 0 Å². The molecule has 1 aliphatic heterocycles. The number of nitrogens with zero attached hydrogens (tertiary/aromatic N) is 2. The van der Waals surface area contributed by atoms with Crippen molar-refractivity contribution in [3.63, 3.8) is 0 Å². The molecule has 1 fully saturated rings. The van der Waals surface area contributed by atoms with Crippen molar-refractivity contribution >= 4 is 25.5 Å². The van der Waals surface area contributed by atoms with Crippen molar-refractivity contribution in [3.8, 4) is 22.5 Å². The maximum absolute atomic E-state index is 10.3. The second-order valence-corrected chi connectivity index (χ2v) is 11.4. The van der Waals surface area contributed by atoms with Gasteiger partial charge in [-0.1, -0.05) is 54.0 Å². The normalized spacial score (nSPS) is 17.3. The number of hydrogen-bond acceptors (Lipinski definition) is 6. The summed E-state index contributed by atoms with van der Waals surface area (Å²) in [4.78, 5) is 9.26. The van der Waals surface area contributed by atoms with Gasteiger partial charge in [0.1, 0.15) is 0 Å². The van der Waals surface area contributed by atoms with Crippen LogP contribution in [0.25, 0.3) is 22.5 Å². The first-order valence-electron chi connectivity index (χ1n) is 12.3. The molecule has 2 heterocycles. The van der Waals surface area contributed by atoms with E-state index in [2.05, 4.69) is 37.7 Å². The minimum atomic E-state index is -0.965. The fourth-order valence-corrected chi connectivity index (χ4v) is 3.51. The third kappa shape index (κ3) is 5.42. The molecule has 1 aliphatic rings. The van der Waals surface area contributed by atoms with Crippen LogP contribution < -0.4 is 10.9 Å². The second kappa shape index (κ2) is 9.42. The van der Waals surface area contributed by atoms with Crippen molar-refractivity contribution in [2.45, 2.75) is 77.8 Å². The predicted molar refractivity (Wildman–Crippen MR) is 145 cm³/mol. The van der Waals surface area contributed by atoms with Gasteiger partial charge < -0.3 is 19.1 Å². The predicted octanol–water partition coefficient (Wildman–Crippen LogP) is 3.92. The van der Waals surface area contributed by atoms with Gasteiger partial charge in [-0.25, -0.2) is 0 Å². The maximum atomic E-state index is 10.3. The van der Waals surface area contributed by atoms with Gasteiger partial charge in [0.25, 0.3) is 0 Å². The topological polar surface area (TPSA) is 73.7 Å². The molecule has 6 nitrogen and oxygen atoms in total. The number of aliphatic hydroxyl groups is 1. The Balaban J connectivity index is 1.41. The van der Waals surface area contributed by atoms with Crippen LogP contribution in [0, 0.1) is 0 Å². The number of rotatable bonds is 7. The van der Waals surface area contributed by atoms with Gasteiger partial charge in [0, 0.05) is 11.1 Å². The maximum Gasteiger partial charge on any atom is 0.494 e. The highest BCUT2D eigenvalue weighted by Gasteiger charge is 2.51. The molecule has 0 saturated carbocycles. The Morgan fingerprint density at radius 1 is 0.778 bits per heavy atom. The van der Waals surface area contributed by atoms with Crippen molar-refractivity contribution in [2.24, 2.45) is 0 Å². The molecule has 8 heteroatoms. The van der Waals surface area contributed by atoms with Crippen LogP contribution in [0.5, 0.6) is 0 Å². The fourth-order valence-electron chi connectivity index (χ4n) is 3.51. The Hall–Kier alpha value is -2.51. The van der Waals surface area contributed by atoms with Gasteiger partial charge in [0.15, 0.2) is 0 Å². The summed E-state index contributed by atoms with van der Waals surface area (Å²) in [6, 6.07) is 15.9. The zero-order valence-corrected chi connectivity index (χ0v) is 22.5. The van der Waals surface area contributed by atoms with Crippen LogP contribution in [0.15, 0.2) is 60.9 Å². The van der Waals surface area contributed by atoms with Crippen LogP contribution in [0.1, 0.15) is 55.4 Å². The zero-order chi connectivity index (χ0) is 26.4. The first kappa shape index (κ1) is 26.6. The molecule has 0 spiro atoms. The highest BCUT2D eigenvalue weighted by Crippen LogP contribution is 2.36. The molecule has 0 bridgehead atoms. The average Bonchev–Trinajstić information content (AvgIpc) is 3.04. The summed E-state index contributed by atoms with van der Waals surface area (Å²) < 4.78 is 18.1. The Morgan fingerprint density at radius 2 is 1.22 bits per heavy atom. The Kier molecular flexibility index (Phi) is 6.95. The van der Waals surface area contributed by atoms with Gasteiger partial charge in [-0.05, 0) is 60.9 Å². The van der Waals surface area contributed by atoms with E-state index < -0.39 is 11.2 Å². The molecule has 36 heavy (non-hydrogen) atoms. The van der Waals surface area contributed by atoms with Crippen LogP contribution in [0.2, 0.25) is 0 Å². The molecule has 1 saturated heterocycles. The van der Waals surface area contributed by atoms with E-state index in [0.29, 0.717) is 0 Å². The third-order valence-electron chi connectivity index (χ3n) is 7.55. The Bertz CT molecular complexity index is 1170. The average molecular weight is 485 g/mol. The lowest BCUT2D eigenvalue weighted by Gasteiger charge is -2.37. The Morgan fingerprint density at radius 3 is 1.64 bits per heavy atom. The summed E-state index contributed by atoms with van der Waals surface area (Å²) in [5, 5.41) is 10.3. The summed E-state index contributed by atoms with van der Waals surface area (Å²) in [5.74, 6) is 0. The van der Waals surface area contributed by atoms with E-state index in [1.807, 2.05) is 62.4 Å². The number of hydrogen-bond donors (Lipinski definition) is 1. The molecule has 0 aliphatic carbocycles. The van der Waals surface area contributed by atoms with Crippen LogP contribution in [-0.4, -0.2) is 52.1 Å². The third-order valence-corrected chi connectivity index (χ3v) is 7.55. The van der Waals surface area contributed by atoms with Gasteiger partial charge in [0.2, 0.25) is 0 Å². The van der Waals surface area contributed by atoms with Crippen molar-refractivity contribution in [2.75, 3.05) is 0 Å². The molecule has 187 valence electrons. The van der Waals surface area contributed by atoms with Crippen molar-refractivity contribution < 1.29 is 19.1 Å². The minimum absolute atomic E-state index is 0.367. The quantitative estimate of drug-likeness (QED) is 0.512. The van der Waals surface area contributed by atoms with E-state index in [0.717, 1.165) is 33.4 Å². The standard InChI is InChI=1S/C28H35B2N2O4/c1-25(2,33)26(3,4)34-29-21-13-9-19(10-14-21)23-17-32-24(18-31-23)20-11-15-22(16-12-20)30-35-27(5,6)28(7,8)36-30/h9-18,33H,1-8H3. The van der Waals surface area contributed by atoms with Crippen molar-refractivity contribution in [1.29, 1.82) is 0 Å². The number of aromatic nitrogens is 2. The van der Waals surface area contributed by atoms with Gasteiger partial charge in [-0.3, -0.25) is 9.97 Å². The van der Waals surface area contributed by atoms with Crippen LogP contribution in [0.4, 0.5) is 0 Å². The molecule has 0 amide bonds. The van der Waals surface area contributed by atoms with Gasteiger partial charge >= 0.3 is 14.6 Å². The van der Waals surface area contributed by atoms with E-state index in [1.54, 1.807) is 33.7 Å². The summed E-state index contributed by atoms with van der Waals surface area (Å²) in [6.45, 7) is 15.4. The zero-order valence-electron chi connectivity index (χ0n) is 22.5. The minimum Gasteiger partial charge on any atom is -0.427 e. The first-order valence-corrected chi connectivity index (χ1v) is 12.3. The van der Waals surface area contributed by atoms with E-state index >= 15 is 0 Å². The summed E-state index contributed by atoms with van der Waals surface area (Å²) >= 11 is 0.